The molecule has 6 N–H and O–H groups in total. The molecule has 1 heterocycles. The van der Waals surface area contributed by atoms with Gasteiger partial charge < -0.3 is 22.1 Å². The Hall–Kier alpha value is -2.32. The van der Waals surface area contributed by atoms with Gasteiger partial charge in [0.1, 0.15) is 5.82 Å². The van der Waals surface area contributed by atoms with Gasteiger partial charge in [0, 0.05) is 11.4 Å². The summed E-state index contributed by atoms with van der Waals surface area (Å²) in [6.45, 7) is 2.03. The molecule has 2 aromatic rings. The van der Waals surface area contributed by atoms with Crippen LogP contribution in [0.4, 0.5) is 5.82 Å². The monoisotopic (exact) mass is 481 g/mol. The van der Waals surface area contributed by atoms with Gasteiger partial charge in [-0.1, -0.05) is 37.3 Å². The Kier molecular flexibility index (Phi) is 9.33. The Bertz CT molecular complexity index is 959. The standard InChI is InChI=1S/C22H31N7O.2ClH/c1-13-10-11-16-15(12-13)19(27-17-8-4-5-9-18(17)28-22(23)24)29-20(26-16)21(30)25-14-6-2-3-7-14;;/h10-12,14,17-18H,2-9H2,1H3,(H,25,30)(H4,23,24,28)(H,26,27,29);2*1H/t17-,18+;;/m0../s1. The maximum atomic E-state index is 12.8. The van der Waals surface area contributed by atoms with Gasteiger partial charge in [-0.05, 0) is 44.7 Å². The molecule has 0 spiro atoms. The molecule has 2 aliphatic rings. The fraction of sp³-hybridized carbons (Fsp3) is 0.545. The normalized spacial score (nSPS) is 20.7. The summed E-state index contributed by atoms with van der Waals surface area (Å²) < 4.78 is 0. The second-order valence-corrected chi connectivity index (χ2v) is 8.53. The zero-order valence-electron chi connectivity index (χ0n) is 18.3. The van der Waals surface area contributed by atoms with Crippen molar-refractivity contribution in [3.63, 3.8) is 0 Å². The molecule has 10 heteroatoms. The van der Waals surface area contributed by atoms with E-state index in [9.17, 15) is 4.79 Å². The van der Waals surface area contributed by atoms with E-state index in [1.807, 2.05) is 19.1 Å². The van der Waals surface area contributed by atoms with Crippen LogP contribution in [0.1, 0.15) is 67.5 Å². The lowest BCUT2D eigenvalue weighted by molar-refractivity contribution is 0.0928. The van der Waals surface area contributed by atoms with Crippen molar-refractivity contribution in [1.29, 1.82) is 0 Å². The number of aliphatic imine (C=N–C) groups is 1. The van der Waals surface area contributed by atoms with Crippen LogP contribution in [0, 0.1) is 6.92 Å². The summed E-state index contributed by atoms with van der Waals surface area (Å²) in [6.07, 6.45) is 8.42. The quantitative estimate of drug-likeness (QED) is 0.381. The average Bonchev–Trinajstić information content (AvgIpc) is 3.22. The SMILES string of the molecule is Cc1ccc2nc(C(=O)NC3CCCC3)nc(N[C@H]3CCCC[C@H]3N=C(N)N)c2c1.Cl.Cl. The van der Waals surface area contributed by atoms with Crippen LogP contribution >= 0.6 is 24.8 Å². The predicted octanol–water partition coefficient (Wildman–Crippen LogP) is 3.45. The van der Waals surface area contributed by atoms with Crippen molar-refractivity contribution in [3.8, 4) is 0 Å². The van der Waals surface area contributed by atoms with E-state index in [4.69, 9.17) is 11.5 Å². The molecule has 0 unspecified atom stereocenters. The predicted molar refractivity (Wildman–Crippen MR) is 134 cm³/mol. The van der Waals surface area contributed by atoms with Crippen LogP contribution in [-0.4, -0.2) is 40.0 Å². The van der Waals surface area contributed by atoms with E-state index in [0.29, 0.717) is 5.82 Å². The zero-order chi connectivity index (χ0) is 21.1. The first kappa shape index (κ1) is 25.9. The maximum absolute atomic E-state index is 12.8. The van der Waals surface area contributed by atoms with E-state index in [1.54, 1.807) is 0 Å². The number of hydrogen-bond acceptors (Lipinski definition) is 5. The van der Waals surface area contributed by atoms with Gasteiger partial charge in [0.2, 0.25) is 5.82 Å². The Morgan fingerprint density at radius 2 is 1.72 bits per heavy atom. The van der Waals surface area contributed by atoms with Crippen molar-refractivity contribution in [2.24, 2.45) is 16.5 Å². The first-order valence-electron chi connectivity index (χ1n) is 10.9. The van der Waals surface area contributed by atoms with Crippen molar-refractivity contribution in [1.82, 2.24) is 15.3 Å². The van der Waals surface area contributed by atoms with Crippen LogP contribution in [0.2, 0.25) is 0 Å². The summed E-state index contributed by atoms with van der Waals surface area (Å²) in [5, 5.41) is 7.54. The molecule has 2 saturated carbocycles. The Morgan fingerprint density at radius 3 is 2.44 bits per heavy atom. The molecule has 2 aliphatic carbocycles. The number of fused-ring (bicyclic) bond motifs is 1. The topological polar surface area (TPSA) is 131 Å². The van der Waals surface area contributed by atoms with Crippen LogP contribution < -0.4 is 22.1 Å². The molecule has 32 heavy (non-hydrogen) atoms. The fourth-order valence-electron chi connectivity index (χ4n) is 4.58. The molecular formula is C22H33Cl2N7O. The van der Waals surface area contributed by atoms with E-state index in [-0.39, 0.29) is 60.6 Å². The largest absolute Gasteiger partial charge is 0.370 e. The third-order valence-corrected chi connectivity index (χ3v) is 6.11. The highest BCUT2D eigenvalue weighted by atomic mass is 35.5. The number of halogens is 2. The minimum absolute atomic E-state index is 0. The summed E-state index contributed by atoms with van der Waals surface area (Å²) >= 11 is 0. The van der Waals surface area contributed by atoms with E-state index < -0.39 is 0 Å². The van der Waals surface area contributed by atoms with Crippen molar-refractivity contribution in [3.05, 3.63) is 29.6 Å². The summed E-state index contributed by atoms with van der Waals surface area (Å²) in [5.41, 5.74) is 13.2. The summed E-state index contributed by atoms with van der Waals surface area (Å²) in [6, 6.07) is 6.27. The van der Waals surface area contributed by atoms with Gasteiger partial charge in [-0.2, -0.15) is 0 Å². The van der Waals surface area contributed by atoms with Crippen LogP contribution in [-0.2, 0) is 0 Å². The first-order chi connectivity index (χ1) is 14.5. The van der Waals surface area contributed by atoms with Gasteiger partial charge in [0.15, 0.2) is 5.96 Å². The van der Waals surface area contributed by atoms with Gasteiger partial charge in [-0.3, -0.25) is 4.79 Å². The lowest BCUT2D eigenvalue weighted by Crippen LogP contribution is -2.39. The molecule has 1 amide bonds. The van der Waals surface area contributed by atoms with Crippen LogP contribution in [0.5, 0.6) is 0 Å². The first-order valence-corrected chi connectivity index (χ1v) is 10.9. The minimum Gasteiger partial charge on any atom is -0.370 e. The van der Waals surface area contributed by atoms with E-state index in [2.05, 4.69) is 31.7 Å². The number of carbonyl (C=O) groups is 1. The minimum atomic E-state index is -0.211. The smallest absolute Gasteiger partial charge is 0.289 e. The second-order valence-electron chi connectivity index (χ2n) is 8.53. The number of rotatable bonds is 5. The van der Waals surface area contributed by atoms with Gasteiger partial charge in [-0.25, -0.2) is 15.0 Å². The molecule has 2 atom stereocenters. The lowest BCUT2D eigenvalue weighted by atomic mass is 9.90. The summed E-state index contributed by atoms with van der Waals surface area (Å²) in [7, 11) is 0. The fourth-order valence-corrected chi connectivity index (χ4v) is 4.58. The number of carbonyl (C=O) groups excluding carboxylic acids is 1. The number of guanidine groups is 1. The van der Waals surface area contributed by atoms with Gasteiger partial charge in [0.05, 0.1) is 17.6 Å². The van der Waals surface area contributed by atoms with Crippen molar-refractivity contribution in [2.45, 2.75) is 76.4 Å². The van der Waals surface area contributed by atoms with Crippen LogP contribution in [0.15, 0.2) is 23.2 Å². The lowest BCUT2D eigenvalue weighted by Gasteiger charge is -2.30. The number of benzene rings is 1. The molecule has 0 aliphatic heterocycles. The molecule has 1 aromatic heterocycles. The maximum Gasteiger partial charge on any atom is 0.289 e. The highest BCUT2D eigenvalue weighted by Crippen LogP contribution is 2.28. The summed E-state index contributed by atoms with van der Waals surface area (Å²) in [5.74, 6) is 0.767. The third-order valence-electron chi connectivity index (χ3n) is 6.11. The Labute approximate surface area is 201 Å². The van der Waals surface area contributed by atoms with E-state index >= 15 is 0 Å². The molecule has 176 valence electrons. The van der Waals surface area contributed by atoms with Gasteiger partial charge in [0.25, 0.3) is 5.91 Å². The van der Waals surface area contributed by atoms with E-state index in [1.165, 1.54) is 0 Å². The molecule has 0 bridgehead atoms. The Balaban J connectivity index is 0.00000181. The number of nitrogens with zero attached hydrogens (tertiary/aromatic N) is 3. The number of nitrogens with two attached hydrogens (primary N) is 2. The Morgan fingerprint density at radius 1 is 1.03 bits per heavy atom. The van der Waals surface area contributed by atoms with Gasteiger partial charge in [-0.15, -0.1) is 24.8 Å². The average molecular weight is 482 g/mol. The number of hydrogen-bond donors (Lipinski definition) is 4. The van der Waals surface area contributed by atoms with E-state index in [0.717, 1.165) is 67.8 Å². The third kappa shape index (κ3) is 6.13. The van der Waals surface area contributed by atoms with Crippen molar-refractivity contribution >= 4 is 53.4 Å². The van der Waals surface area contributed by atoms with Crippen molar-refractivity contribution < 1.29 is 4.79 Å². The molecule has 0 saturated heterocycles. The number of nitrogens with one attached hydrogen (secondary N) is 2. The number of aryl methyl sites for hydroxylation is 1. The molecule has 1 aromatic carbocycles. The highest BCUT2D eigenvalue weighted by molar-refractivity contribution is 5.96. The highest BCUT2D eigenvalue weighted by Gasteiger charge is 2.27. The second kappa shape index (κ2) is 11.5. The van der Waals surface area contributed by atoms with Gasteiger partial charge >= 0.3 is 0 Å². The number of amides is 1. The molecular weight excluding hydrogens is 449 g/mol. The molecule has 2 fully saturated rings. The van der Waals surface area contributed by atoms with Crippen LogP contribution in [0.25, 0.3) is 10.9 Å². The molecule has 0 radical (unpaired) electrons. The number of aromatic nitrogens is 2. The molecule has 4 rings (SSSR count). The molecule has 8 nitrogen and oxygen atoms in total. The number of anilines is 1. The van der Waals surface area contributed by atoms with Crippen molar-refractivity contribution in [2.75, 3.05) is 5.32 Å². The zero-order valence-corrected chi connectivity index (χ0v) is 20.0. The van der Waals surface area contributed by atoms with Crippen LogP contribution in [0.3, 0.4) is 0 Å². The summed E-state index contributed by atoms with van der Waals surface area (Å²) in [4.78, 5) is 26.5.